The van der Waals surface area contributed by atoms with Gasteiger partial charge >= 0.3 is 0 Å². The van der Waals surface area contributed by atoms with Gasteiger partial charge in [-0.1, -0.05) is 19.3 Å². The van der Waals surface area contributed by atoms with Gasteiger partial charge in [0, 0.05) is 13.2 Å². The Balaban J connectivity index is 1.64. The summed E-state index contributed by atoms with van der Waals surface area (Å²) in [5.74, 6) is 1.79. The van der Waals surface area contributed by atoms with Crippen molar-refractivity contribution in [2.45, 2.75) is 51.4 Å². The summed E-state index contributed by atoms with van der Waals surface area (Å²) in [7, 11) is 0. The van der Waals surface area contributed by atoms with Gasteiger partial charge in [-0.05, 0) is 57.0 Å². The minimum atomic E-state index is 0.382. The molecule has 2 heteroatoms. The summed E-state index contributed by atoms with van der Waals surface area (Å²) in [6, 6.07) is 0. The van der Waals surface area contributed by atoms with Crippen LogP contribution < -0.4 is 0 Å². The Kier molecular flexibility index (Phi) is 5.11. The molecule has 1 N–H and O–H groups in total. The monoisotopic (exact) mass is 225 g/mol. The van der Waals surface area contributed by atoms with Crippen molar-refractivity contribution in [3.05, 3.63) is 0 Å². The number of aliphatic hydroxyl groups is 1. The van der Waals surface area contributed by atoms with Gasteiger partial charge in [-0.2, -0.15) is 0 Å². The summed E-state index contributed by atoms with van der Waals surface area (Å²) in [5, 5.41) is 8.93. The third-order valence-electron chi connectivity index (χ3n) is 4.49. The number of piperidine rings is 1. The van der Waals surface area contributed by atoms with Crippen molar-refractivity contribution in [3.8, 4) is 0 Å². The second-order valence-electron chi connectivity index (χ2n) is 5.76. The maximum Gasteiger partial charge on any atom is 0.0433 e. The zero-order valence-electron chi connectivity index (χ0n) is 10.5. The molecule has 0 amide bonds. The van der Waals surface area contributed by atoms with E-state index in [2.05, 4.69) is 4.90 Å². The molecule has 16 heavy (non-hydrogen) atoms. The van der Waals surface area contributed by atoms with Crippen molar-refractivity contribution in [2.24, 2.45) is 11.8 Å². The van der Waals surface area contributed by atoms with Crippen LogP contribution in [0.5, 0.6) is 0 Å². The summed E-state index contributed by atoms with van der Waals surface area (Å²) in [6.45, 7) is 4.29. The first-order valence-corrected chi connectivity index (χ1v) is 7.21. The highest BCUT2D eigenvalue weighted by atomic mass is 16.3. The van der Waals surface area contributed by atoms with Gasteiger partial charge < -0.3 is 10.0 Å². The molecule has 0 bridgehead atoms. The van der Waals surface area contributed by atoms with Crippen LogP contribution in [-0.2, 0) is 0 Å². The molecule has 0 aromatic heterocycles. The lowest BCUT2D eigenvalue weighted by Crippen LogP contribution is -2.37. The van der Waals surface area contributed by atoms with E-state index in [-0.39, 0.29) is 0 Å². The molecule has 2 rings (SSSR count). The third kappa shape index (κ3) is 3.74. The fourth-order valence-electron chi connectivity index (χ4n) is 3.38. The average Bonchev–Trinajstić information content (AvgIpc) is 2.33. The quantitative estimate of drug-likeness (QED) is 0.795. The highest BCUT2D eigenvalue weighted by Gasteiger charge is 2.22. The molecule has 1 aliphatic carbocycles. The molecule has 0 radical (unpaired) electrons. The summed E-state index contributed by atoms with van der Waals surface area (Å²) in [4.78, 5) is 2.67. The van der Waals surface area contributed by atoms with Gasteiger partial charge in [-0.25, -0.2) is 0 Å². The molecule has 1 aliphatic heterocycles. The van der Waals surface area contributed by atoms with Crippen LogP contribution in [0.2, 0.25) is 0 Å². The van der Waals surface area contributed by atoms with E-state index in [4.69, 9.17) is 5.11 Å². The van der Waals surface area contributed by atoms with Crippen molar-refractivity contribution in [1.82, 2.24) is 4.90 Å². The Labute approximate surface area is 100 Å². The molecule has 2 aliphatic rings. The zero-order valence-corrected chi connectivity index (χ0v) is 10.5. The Morgan fingerprint density at radius 1 is 0.875 bits per heavy atom. The average molecular weight is 225 g/mol. The van der Waals surface area contributed by atoms with E-state index in [0.29, 0.717) is 6.61 Å². The molecule has 1 saturated heterocycles. The number of likely N-dealkylation sites (tertiary alicyclic amines) is 1. The van der Waals surface area contributed by atoms with Gasteiger partial charge in [0.2, 0.25) is 0 Å². The molecule has 0 atom stereocenters. The largest absolute Gasteiger partial charge is 0.396 e. The van der Waals surface area contributed by atoms with E-state index in [1.807, 2.05) is 0 Å². The van der Waals surface area contributed by atoms with Crippen LogP contribution in [0, 0.1) is 11.8 Å². The second kappa shape index (κ2) is 6.61. The first-order valence-electron chi connectivity index (χ1n) is 7.21. The lowest BCUT2D eigenvalue weighted by molar-refractivity contribution is 0.131. The standard InChI is InChI=1S/C14H27NO/c16-11-8-13-6-9-15(10-7-13)12-14-4-2-1-3-5-14/h13-14,16H,1-12H2. The summed E-state index contributed by atoms with van der Waals surface area (Å²) < 4.78 is 0. The first-order chi connectivity index (χ1) is 7.88. The van der Waals surface area contributed by atoms with E-state index in [0.717, 1.165) is 18.3 Å². The summed E-state index contributed by atoms with van der Waals surface area (Å²) in [6.07, 6.45) is 11.0. The smallest absolute Gasteiger partial charge is 0.0433 e. The maximum absolute atomic E-state index is 8.93. The van der Waals surface area contributed by atoms with Gasteiger partial charge in [0.05, 0.1) is 0 Å². The molecule has 1 saturated carbocycles. The van der Waals surface area contributed by atoms with E-state index in [1.165, 1.54) is 64.6 Å². The maximum atomic E-state index is 8.93. The number of rotatable bonds is 4. The van der Waals surface area contributed by atoms with Crippen LogP contribution in [0.15, 0.2) is 0 Å². The van der Waals surface area contributed by atoms with Gasteiger partial charge in [0.1, 0.15) is 0 Å². The molecular weight excluding hydrogens is 198 g/mol. The van der Waals surface area contributed by atoms with Crippen LogP contribution in [0.3, 0.4) is 0 Å². The highest BCUT2D eigenvalue weighted by Crippen LogP contribution is 2.27. The van der Waals surface area contributed by atoms with Crippen molar-refractivity contribution in [2.75, 3.05) is 26.2 Å². The Bertz CT molecular complexity index is 181. The number of hydrogen-bond donors (Lipinski definition) is 1. The lowest BCUT2D eigenvalue weighted by atomic mass is 9.87. The Hall–Kier alpha value is -0.0800. The van der Waals surface area contributed by atoms with Gasteiger partial charge in [0.25, 0.3) is 0 Å². The molecule has 0 aromatic carbocycles. The van der Waals surface area contributed by atoms with Crippen LogP contribution >= 0.6 is 0 Å². The number of aliphatic hydroxyl groups excluding tert-OH is 1. The second-order valence-corrected chi connectivity index (χ2v) is 5.76. The van der Waals surface area contributed by atoms with Crippen LogP contribution in [-0.4, -0.2) is 36.2 Å². The molecule has 0 aromatic rings. The lowest BCUT2D eigenvalue weighted by Gasteiger charge is -2.35. The van der Waals surface area contributed by atoms with Gasteiger partial charge in [-0.15, -0.1) is 0 Å². The molecule has 2 nitrogen and oxygen atoms in total. The Morgan fingerprint density at radius 2 is 1.56 bits per heavy atom. The minimum absolute atomic E-state index is 0.382. The topological polar surface area (TPSA) is 23.5 Å². The predicted octanol–water partition coefficient (Wildman–Crippen LogP) is 2.66. The fourth-order valence-corrected chi connectivity index (χ4v) is 3.38. The van der Waals surface area contributed by atoms with Crippen molar-refractivity contribution >= 4 is 0 Å². The summed E-state index contributed by atoms with van der Waals surface area (Å²) in [5.41, 5.74) is 0. The van der Waals surface area contributed by atoms with E-state index in [1.54, 1.807) is 0 Å². The van der Waals surface area contributed by atoms with E-state index < -0.39 is 0 Å². The molecule has 94 valence electrons. The van der Waals surface area contributed by atoms with Crippen molar-refractivity contribution < 1.29 is 5.11 Å². The van der Waals surface area contributed by atoms with Crippen molar-refractivity contribution in [3.63, 3.8) is 0 Å². The first kappa shape index (κ1) is 12.4. The van der Waals surface area contributed by atoms with Gasteiger partial charge in [0.15, 0.2) is 0 Å². The Morgan fingerprint density at radius 3 is 2.19 bits per heavy atom. The fraction of sp³-hybridized carbons (Fsp3) is 1.00. The van der Waals surface area contributed by atoms with E-state index >= 15 is 0 Å². The summed E-state index contributed by atoms with van der Waals surface area (Å²) >= 11 is 0. The molecule has 0 unspecified atom stereocenters. The van der Waals surface area contributed by atoms with Crippen molar-refractivity contribution in [1.29, 1.82) is 0 Å². The molecule has 0 spiro atoms. The number of hydrogen-bond acceptors (Lipinski definition) is 2. The third-order valence-corrected chi connectivity index (χ3v) is 4.49. The SMILES string of the molecule is OCCC1CCN(CC2CCCCC2)CC1. The normalized spacial score (nSPS) is 26.1. The molecule has 1 heterocycles. The van der Waals surface area contributed by atoms with Crippen LogP contribution in [0.4, 0.5) is 0 Å². The van der Waals surface area contributed by atoms with Gasteiger partial charge in [-0.3, -0.25) is 0 Å². The van der Waals surface area contributed by atoms with E-state index in [9.17, 15) is 0 Å². The molecule has 2 fully saturated rings. The van der Waals surface area contributed by atoms with Crippen LogP contribution in [0.25, 0.3) is 0 Å². The minimum Gasteiger partial charge on any atom is -0.396 e. The zero-order chi connectivity index (χ0) is 11.2. The predicted molar refractivity (Wildman–Crippen MR) is 67.4 cm³/mol. The number of nitrogens with zero attached hydrogens (tertiary/aromatic N) is 1. The highest BCUT2D eigenvalue weighted by molar-refractivity contribution is 4.76. The molecular formula is C14H27NO. The van der Waals surface area contributed by atoms with Crippen LogP contribution in [0.1, 0.15) is 51.4 Å².